The summed E-state index contributed by atoms with van der Waals surface area (Å²) in [6.45, 7) is 10.4. The van der Waals surface area contributed by atoms with Crippen LogP contribution in [-0.4, -0.2) is 49.6 Å². The largest absolute Gasteiger partial charge is 0.351 e. The molecule has 158 valence electrons. The first-order valence-corrected chi connectivity index (χ1v) is 11.3. The van der Waals surface area contributed by atoms with E-state index in [9.17, 15) is 9.59 Å². The van der Waals surface area contributed by atoms with Gasteiger partial charge in [-0.25, -0.2) is 4.98 Å². The van der Waals surface area contributed by atoms with Crippen LogP contribution in [0.25, 0.3) is 11.0 Å². The molecule has 2 atom stereocenters. The van der Waals surface area contributed by atoms with Crippen LogP contribution in [0.1, 0.15) is 53.9 Å². The number of thioether (sulfide) groups is 1. The van der Waals surface area contributed by atoms with E-state index >= 15 is 0 Å². The molecule has 0 bridgehead atoms. The Morgan fingerprint density at radius 2 is 1.83 bits per heavy atom. The molecule has 1 N–H and O–H groups in total. The molecule has 0 unspecified atom stereocenters. The third-order valence-corrected chi connectivity index (χ3v) is 6.22. The van der Waals surface area contributed by atoms with E-state index in [0.29, 0.717) is 5.16 Å². The van der Waals surface area contributed by atoms with Crippen LogP contribution < -0.4 is 5.32 Å². The molecular weight excluding hydrogens is 384 g/mol. The first-order chi connectivity index (χ1) is 13.7. The molecule has 0 radical (unpaired) electrons. The fourth-order valence-electron chi connectivity index (χ4n) is 4.03. The van der Waals surface area contributed by atoms with Crippen LogP contribution in [-0.2, 0) is 16.1 Å². The number of benzene rings is 1. The highest BCUT2D eigenvalue weighted by atomic mass is 32.2. The Bertz CT molecular complexity index is 877. The SMILES string of the molecule is C[C@@H]1CCC[C@H](C)N1C(=O)Cn1c(SCC(=O)NC(C)(C)C)nc2ccccc21. The van der Waals surface area contributed by atoms with Gasteiger partial charge in [-0.05, 0) is 66.0 Å². The highest BCUT2D eigenvalue weighted by Crippen LogP contribution is 2.27. The first-order valence-electron chi connectivity index (χ1n) is 10.4. The van der Waals surface area contributed by atoms with E-state index in [1.807, 2.05) is 54.5 Å². The van der Waals surface area contributed by atoms with E-state index in [0.717, 1.165) is 23.9 Å². The molecule has 1 aliphatic heterocycles. The highest BCUT2D eigenvalue weighted by molar-refractivity contribution is 7.99. The molecule has 1 aliphatic rings. The van der Waals surface area contributed by atoms with Crippen LogP contribution in [0.15, 0.2) is 29.4 Å². The number of nitrogens with one attached hydrogen (secondary N) is 1. The number of hydrogen-bond donors (Lipinski definition) is 1. The molecule has 0 aliphatic carbocycles. The molecule has 1 fully saturated rings. The average Bonchev–Trinajstić information content (AvgIpc) is 2.96. The van der Waals surface area contributed by atoms with Crippen molar-refractivity contribution in [3.63, 3.8) is 0 Å². The molecule has 29 heavy (non-hydrogen) atoms. The monoisotopic (exact) mass is 416 g/mol. The zero-order chi connectivity index (χ0) is 21.2. The fourth-order valence-corrected chi connectivity index (χ4v) is 4.84. The van der Waals surface area contributed by atoms with Gasteiger partial charge in [0.25, 0.3) is 0 Å². The summed E-state index contributed by atoms with van der Waals surface area (Å²) in [4.78, 5) is 32.2. The molecule has 2 amide bonds. The zero-order valence-corrected chi connectivity index (χ0v) is 18.9. The van der Waals surface area contributed by atoms with Crippen LogP contribution in [0.3, 0.4) is 0 Å². The van der Waals surface area contributed by atoms with Crippen molar-refractivity contribution < 1.29 is 9.59 Å². The number of para-hydroxylation sites is 2. The predicted octanol–water partition coefficient (Wildman–Crippen LogP) is 3.83. The van der Waals surface area contributed by atoms with Gasteiger partial charge in [0.15, 0.2) is 5.16 Å². The van der Waals surface area contributed by atoms with E-state index in [-0.39, 0.29) is 41.7 Å². The zero-order valence-electron chi connectivity index (χ0n) is 18.1. The van der Waals surface area contributed by atoms with Crippen LogP contribution in [0.4, 0.5) is 0 Å². The Morgan fingerprint density at radius 1 is 1.17 bits per heavy atom. The molecule has 0 saturated carbocycles. The van der Waals surface area contributed by atoms with Gasteiger partial charge in [-0.1, -0.05) is 23.9 Å². The van der Waals surface area contributed by atoms with Gasteiger partial charge in [-0.3, -0.25) is 9.59 Å². The van der Waals surface area contributed by atoms with Gasteiger partial charge >= 0.3 is 0 Å². The van der Waals surface area contributed by atoms with Crippen LogP contribution in [0, 0.1) is 0 Å². The van der Waals surface area contributed by atoms with Gasteiger partial charge in [0.2, 0.25) is 11.8 Å². The predicted molar refractivity (Wildman–Crippen MR) is 118 cm³/mol. The van der Waals surface area contributed by atoms with Crippen molar-refractivity contribution in [1.29, 1.82) is 0 Å². The Labute approximate surface area is 177 Å². The third kappa shape index (κ3) is 5.32. The lowest BCUT2D eigenvalue weighted by molar-refractivity contribution is -0.138. The van der Waals surface area contributed by atoms with Crippen LogP contribution in [0.5, 0.6) is 0 Å². The Balaban J connectivity index is 1.81. The molecule has 7 heteroatoms. The molecule has 6 nitrogen and oxygen atoms in total. The molecule has 0 spiro atoms. The molecule has 1 aromatic carbocycles. The summed E-state index contributed by atoms with van der Waals surface area (Å²) in [6.07, 6.45) is 3.27. The minimum absolute atomic E-state index is 0.0364. The Kier molecular flexibility index (Phi) is 6.56. The van der Waals surface area contributed by atoms with Gasteiger partial charge in [0, 0.05) is 17.6 Å². The van der Waals surface area contributed by atoms with Crippen molar-refractivity contribution in [2.75, 3.05) is 5.75 Å². The molecule has 2 aromatic rings. The number of hydrogen-bond acceptors (Lipinski definition) is 4. The maximum absolute atomic E-state index is 13.2. The highest BCUT2D eigenvalue weighted by Gasteiger charge is 2.29. The van der Waals surface area contributed by atoms with Gasteiger partial charge in [0.05, 0.1) is 16.8 Å². The first kappa shape index (κ1) is 21.7. The van der Waals surface area contributed by atoms with Crippen LogP contribution in [0.2, 0.25) is 0 Å². The molecule has 3 rings (SSSR count). The second kappa shape index (κ2) is 8.78. The number of imidazole rings is 1. The summed E-state index contributed by atoms with van der Waals surface area (Å²) in [6, 6.07) is 8.35. The van der Waals surface area contributed by atoms with Crippen molar-refractivity contribution in [3.05, 3.63) is 24.3 Å². The van der Waals surface area contributed by atoms with Gasteiger partial charge < -0.3 is 14.8 Å². The molecule has 1 saturated heterocycles. The quantitative estimate of drug-likeness (QED) is 0.752. The lowest BCUT2D eigenvalue weighted by Gasteiger charge is -2.39. The van der Waals surface area contributed by atoms with Crippen molar-refractivity contribution in [3.8, 4) is 0 Å². The number of carbonyl (C=O) groups is 2. The molecule has 2 heterocycles. The van der Waals surface area contributed by atoms with Crippen molar-refractivity contribution in [1.82, 2.24) is 19.8 Å². The third-order valence-electron chi connectivity index (χ3n) is 5.24. The lowest BCUT2D eigenvalue weighted by Crippen LogP contribution is -2.48. The van der Waals surface area contributed by atoms with Crippen molar-refractivity contribution in [2.24, 2.45) is 0 Å². The summed E-state index contributed by atoms with van der Waals surface area (Å²) in [5, 5.41) is 3.68. The fraction of sp³-hybridized carbons (Fsp3) is 0.591. The number of piperidine rings is 1. The summed E-state index contributed by atoms with van der Waals surface area (Å²) in [5.74, 6) is 0.352. The Hall–Kier alpha value is -2.02. The summed E-state index contributed by atoms with van der Waals surface area (Å²) < 4.78 is 1.96. The second-order valence-corrected chi connectivity index (χ2v) is 9.93. The number of nitrogens with zero attached hydrogens (tertiary/aromatic N) is 3. The van der Waals surface area contributed by atoms with Crippen LogP contribution >= 0.6 is 11.8 Å². The number of aromatic nitrogens is 2. The Morgan fingerprint density at radius 3 is 2.48 bits per heavy atom. The van der Waals surface area contributed by atoms with Gasteiger partial charge in [-0.15, -0.1) is 0 Å². The smallest absolute Gasteiger partial charge is 0.243 e. The molecular formula is C22H32N4O2S. The second-order valence-electron chi connectivity index (χ2n) is 8.99. The lowest BCUT2D eigenvalue weighted by atomic mass is 9.97. The summed E-state index contributed by atoms with van der Waals surface area (Å²) in [7, 11) is 0. The van der Waals surface area contributed by atoms with Crippen molar-refractivity contribution in [2.45, 2.75) is 83.2 Å². The van der Waals surface area contributed by atoms with E-state index < -0.39 is 0 Å². The minimum atomic E-state index is -0.270. The number of carbonyl (C=O) groups excluding carboxylic acids is 2. The molecule has 1 aromatic heterocycles. The maximum atomic E-state index is 13.2. The van der Waals surface area contributed by atoms with E-state index in [2.05, 4.69) is 19.2 Å². The number of rotatable bonds is 5. The normalized spacial score (nSPS) is 20.1. The van der Waals surface area contributed by atoms with Crippen molar-refractivity contribution >= 4 is 34.6 Å². The van der Waals surface area contributed by atoms with E-state index in [1.165, 1.54) is 18.2 Å². The van der Waals surface area contributed by atoms with Gasteiger partial charge in [0.1, 0.15) is 6.54 Å². The maximum Gasteiger partial charge on any atom is 0.243 e. The number of fused-ring (bicyclic) bond motifs is 1. The summed E-state index contributed by atoms with van der Waals surface area (Å²) in [5.41, 5.74) is 1.50. The summed E-state index contributed by atoms with van der Waals surface area (Å²) >= 11 is 1.38. The number of likely N-dealkylation sites (tertiary alicyclic amines) is 1. The van der Waals surface area contributed by atoms with E-state index in [4.69, 9.17) is 4.98 Å². The number of amides is 2. The van der Waals surface area contributed by atoms with Gasteiger partial charge in [-0.2, -0.15) is 0 Å². The topological polar surface area (TPSA) is 67.2 Å². The van der Waals surface area contributed by atoms with E-state index in [1.54, 1.807) is 0 Å². The average molecular weight is 417 g/mol. The standard InChI is InChI=1S/C22H32N4O2S/c1-15-9-8-10-16(2)26(15)20(28)13-25-18-12-7-6-11-17(18)23-21(25)29-14-19(27)24-22(3,4)5/h6-7,11-12,15-16H,8-10,13-14H2,1-5H3,(H,24,27)/t15-,16+. The minimum Gasteiger partial charge on any atom is -0.351 e.